The molecule has 4 nitrogen and oxygen atoms in total. The lowest BCUT2D eigenvalue weighted by Crippen LogP contribution is -2.16. The molecule has 0 saturated carbocycles. The van der Waals surface area contributed by atoms with E-state index in [1.165, 1.54) is 12.1 Å². The van der Waals surface area contributed by atoms with Crippen molar-refractivity contribution in [3.63, 3.8) is 0 Å². The number of halogens is 3. The summed E-state index contributed by atoms with van der Waals surface area (Å²) in [5.41, 5.74) is 6.40. The molecule has 3 N–H and O–H groups in total. The largest absolute Gasteiger partial charge is 0.492 e. The van der Waals surface area contributed by atoms with Gasteiger partial charge >= 0.3 is 0 Å². The molecule has 0 atom stereocenters. The van der Waals surface area contributed by atoms with Crippen LogP contribution < -0.4 is 15.8 Å². The number of carbonyl (C=O) groups is 1. The molecule has 25 heavy (non-hydrogen) atoms. The average molecular weight is 458 g/mol. The third-order valence-corrected chi connectivity index (χ3v) is 3.97. The fourth-order valence-electron chi connectivity index (χ4n) is 2.12. The van der Waals surface area contributed by atoms with E-state index in [1.807, 2.05) is 29.5 Å². The Morgan fingerprint density at radius 2 is 2.00 bits per heavy atom. The number of primary amides is 1. The lowest BCUT2D eigenvalue weighted by atomic mass is 10.1. The van der Waals surface area contributed by atoms with Gasteiger partial charge in [0.15, 0.2) is 0 Å². The van der Waals surface area contributed by atoms with Crippen LogP contribution in [0.3, 0.4) is 0 Å². The molecule has 0 spiro atoms. The second-order valence-electron chi connectivity index (χ2n) is 5.50. The van der Waals surface area contributed by atoms with Crippen LogP contribution in [0.5, 0.6) is 5.75 Å². The first-order valence-corrected chi connectivity index (χ1v) is 8.48. The lowest BCUT2D eigenvalue weighted by molar-refractivity contribution is 0.0997. The van der Waals surface area contributed by atoms with Crippen molar-refractivity contribution >= 4 is 39.9 Å². The van der Waals surface area contributed by atoms with Crippen LogP contribution in [0.4, 0.5) is 20.2 Å². The number of hydrogen-bond donors (Lipinski definition) is 2. The lowest BCUT2D eigenvalue weighted by Gasteiger charge is -2.16. The van der Waals surface area contributed by atoms with Crippen LogP contribution in [0.1, 0.15) is 23.7 Å². The van der Waals surface area contributed by atoms with E-state index >= 15 is 0 Å². The van der Waals surface area contributed by atoms with E-state index in [0.29, 0.717) is 9.99 Å². The molecule has 0 bridgehead atoms. The Morgan fingerprint density at radius 3 is 2.60 bits per heavy atom. The molecule has 0 unspecified atom stereocenters. The topological polar surface area (TPSA) is 64.3 Å². The molecule has 0 fully saturated rings. The minimum Gasteiger partial charge on any atom is -0.492 e. The van der Waals surface area contributed by atoms with E-state index in [9.17, 15) is 13.6 Å². The standard InChI is InChI=1S/C18H17F2IN2O2/c1-10(2)5-6-25-16-8-11(19)7-15(17(16)18(22)24)23-14-4-3-12(21)9-13(14)20/h3-4,7-9,23H,1,5-6H2,2H3,(H2,22,24). The third kappa shape index (κ3) is 5.15. The second kappa shape index (κ2) is 8.28. The Morgan fingerprint density at radius 1 is 1.28 bits per heavy atom. The molecule has 7 heteroatoms. The summed E-state index contributed by atoms with van der Waals surface area (Å²) in [6.45, 7) is 5.80. The minimum absolute atomic E-state index is 0.00201. The zero-order valence-corrected chi connectivity index (χ0v) is 15.7. The first-order chi connectivity index (χ1) is 11.8. The quantitative estimate of drug-likeness (QED) is 0.465. The molecule has 2 aromatic carbocycles. The van der Waals surface area contributed by atoms with Crippen LogP contribution in [0.15, 0.2) is 42.5 Å². The smallest absolute Gasteiger partial charge is 0.254 e. The zero-order chi connectivity index (χ0) is 18.6. The molecule has 0 radical (unpaired) electrons. The van der Waals surface area contributed by atoms with Crippen molar-refractivity contribution in [2.45, 2.75) is 13.3 Å². The summed E-state index contributed by atoms with van der Waals surface area (Å²) < 4.78 is 34.2. The molecule has 0 aliphatic carbocycles. The number of carbonyl (C=O) groups excluding carboxylic acids is 1. The van der Waals surface area contributed by atoms with Crippen LogP contribution >= 0.6 is 22.6 Å². The van der Waals surface area contributed by atoms with Gasteiger partial charge in [-0.05, 0) is 53.8 Å². The van der Waals surface area contributed by atoms with E-state index in [-0.39, 0.29) is 29.3 Å². The molecule has 132 valence electrons. The van der Waals surface area contributed by atoms with Crippen LogP contribution in [0.25, 0.3) is 0 Å². The molecule has 0 aromatic heterocycles. The number of benzene rings is 2. The Balaban J connectivity index is 2.40. The number of nitrogens with two attached hydrogens (primary N) is 1. The second-order valence-corrected chi connectivity index (χ2v) is 6.74. The summed E-state index contributed by atoms with van der Waals surface area (Å²) in [5, 5.41) is 2.71. The van der Waals surface area contributed by atoms with Crippen LogP contribution in [-0.4, -0.2) is 12.5 Å². The highest BCUT2D eigenvalue weighted by atomic mass is 127. The predicted molar refractivity (Wildman–Crippen MR) is 102 cm³/mol. The maximum absolute atomic E-state index is 14.0. The monoisotopic (exact) mass is 458 g/mol. The van der Waals surface area contributed by atoms with Gasteiger partial charge in [0.25, 0.3) is 5.91 Å². The molecule has 0 aliphatic rings. The summed E-state index contributed by atoms with van der Waals surface area (Å²) in [6, 6.07) is 6.64. The van der Waals surface area contributed by atoms with Gasteiger partial charge in [0, 0.05) is 16.1 Å². The summed E-state index contributed by atoms with van der Waals surface area (Å²) in [7, 11) is 0. The highest BCUT2D eigenvalue weighted by molar-refractivity contribution is 14.1. The Bertz CT molecular complexity index is 825. The number of hydrogen-bond acceptors (Lipinski definition) is 3. The van der Waals surface area contributed by atoms with Gasteiger partial charge in [-0.1, -0.05) is 5.57 Å². The van der Waals surface area contributed by atoms with Crippen molar-refractivity contribution in [3.05, 3.63) is 63.3 Å². The van der Waals surface area contributed by atoms with E-state index in [1.54, 1.807) is 6.07 Å². The van der Waals surface area contributed by atoms with Crippen LogP contribution in [-0.2, 0) is 0 Å². The van der Waals surface area contributed by atoms with Gasteiger partial charge in [0.2, 0.25) is 0 Å². The molecule has 0 aliphatic heterocycles. The summed E-state index contributed by atoms with van der Waals surface area (Å²) in [6.07, 6.45) is 0.545. The molecular formula is C18H17F2IN2O2. The van der Waals surface area contributed by atoms with Gasteiger partial charge in [-0.2, -0.15) is 0 Å². The fourth-order valence-corrected chi connectivity index (χ4v) is 2.57. The summed E-state index contributed by atoms with van der Waals surface area (Å²) in [4.78, 5) is 11.8. The normalized spacial score (nSPS) is 10.4. The maximum atomic E-state index is 14.0. The number of amides is 1. The predicted octanol–water partition coefficient (Wildman–Crippen LogP) is 4.76. The van der Waals surface area contributed by atoms with Gasteiger partial charge in [-0.25, -0.2) is 8.78 Å². The van der Waals surface area contributed by atoms with Crippen molar-refractivity contribution in [1.82, 2.24) is 0 Å². The van der Waals surface area contributed by atoms with Crippen molar-refractivity contribution < 1.29 is 18.3 Å². The Hall–Kier alpha value is -2.16. The van der Waals surface area contributed by atoms with E-state index < -0.39 is 17.5 Å². The van der Waals surface area contributed by atoms with Gasteiger partial charge in [0.05, 0.1) is 18.0 Å². The fraction of sp³-hybridized carbons (Fsp3) is 0.167. The zero-order valence-electron chi connectivity index (χ0n) is 13.5. The maximum Gasteiger partial charge on any atom is 0.254 e. The van der Waals surface area contributed by atoms with Gasteiger partial charge in [-0.15, -0.1) is 6.58 Å². The number of rotatable bonds is 7. The Labute approximate surface area is 158 Å². The summed E-state index contributed by atoms with van der Waals surface area (Å²) in [5.74, 6) is -1.97. The van der Waals surface area contributed by atoms with Crippen LogP contribution in [0, 0.1) is 15.2 Å². The minimum atomic E-state index is -0.807. The number of anilines is 2. The molecule has 0 heterocycles. The van der Waals surface area contributed by atoms with E-state index in [0.717, 1.165) is 17.7 Å². The highest BCUT2D eigenvalue weighted by Crippen LogP contribution is 2.31. The van der Waals surface area contributed by atoms with Crippen molar-refractivity contribution in [3.8, 4) is 5.75 Å². The molecule has 1 amide bonds. The van der Waals surface area contributed by atoms with Crippen LogP contribution in [0.2, 0.25) is 0 Å². The van der Waals surface area contributed by atoms with E-state index in [2.05, 4.69) is 11.9 Å². The molecule has 2 aromatic rings. The highest BCUT2D eigenvalue weighted by Gasteiger charge is 2.19. The third-order valence-electron chi connectivity index (χ3n) is 3.30. The van der Waals surface area contributed by atoms with Gasteiger partial charge in [0.1, 0.15) is 22.9 Å². The van der Waals surface area contributed by atoms with Crippen molar-refractivity contribution in [2.24, 2.45) is 5.73 Å². The average Bonchev–Trinajstić information content (AvgIpc) is 2.49. The van der Waals surface area contributed by atoms with Crippen molar-refractivity contribution in [1.29, 1.82) is 0 Å². The van der Waals surface area contributed by atoms with Gasteiger partial charge in [-0.3, -0.25) is 4.79 Å². The molecule has 2 rings (SSSR count). The van der Waals surface area contributed by atoms with E-state index in [4.69, 9.17) is 10.5 Å². The Kier molecular flexibility index (Phi) is 6.35. The number of ether oxygens (including phenoxy) is 1. The first kappa shape index (κ1) is 19.2. The molecule has 0 saturated heterocycles. The van der Waals surface area contributed by atoms with Gasteiger partial charge < -0.3 is 15.8 Å². The number of nitrogens with one attached hydrogen (secondary N) is 1. The molecular weight excluding hydrogens is 441 g/mol. The first-order valence-electron chi connectivity index (χ1n) is 7.40. The summed E-state index contributed by atoms with van der Waals surface area (Å²) >= 11 is 1.97. The van der Waals surface area contributed by atoms with Crippen molar-refractivity contribution in [2.75, 3.05) is 11.9 Å². The SMILES string of the molecule is C=C(C)CCOc1cc(F)cc(Nc2ccc(I)cc2F)c1C(N)=O.